The number of benzene rings is 1. The van der Waals surface area contributed by atoms with Crippen molar-refractivity contribution >= 4 is 28.3 Å². The summed E-state index contributed by atoms with van der Waals surface area (Å²) < 4.78 is 26.1. The second kappa shape index (κ2) is 7.60. The monoisotopic (exact) mass is 325 g/mol. The van der Waals surface area contributed by atoms with Crippen LogP contribution in [-0.4, -0.2) is 23.3 Å². The molecule has 0 aliphatic carbocycles. The average Bonchev–Trinajstić information content (AvgIpc) is 2.96. The molecule has 0 atom stereocenters. The third-order valence-electron chi connectivity index (χ3n) is 2.72. The molecule has 0 radical (unpaired) electrons. The van der Waals surface area contributed by atoms with Gasteiger partial charge >= 0.3 is 0 Å². The van der Waals surface area contributed by atoms with Crippen molar-refractivity contribution in [2.24, 2.45) is 0 Å². The number of amides is 2. The van der Waals surface area contributed by atoms with E-state index >= 15 is 0 Å². The fourth-order valence-corrected chi connectivity index (χ4v) is 2.23. The molecule has 116 valence electrons. The van der Waals surface area contributed by atoms with E-state index in [1.165, 1.54) is 11.3 Å². The van der Waals surface area contributed by atoms with E-state index in [2.05, 4.69) is 15.6 Å². The summed E-state index contributed by atoms with van der Waals surface area (Å²) in [7, 11) is 0. The first-order valence-electron chi connectivity index (χ1n) is 6.49. The maximum atomic E-state index is 13.4. The predicted octanol–water partition coefficient (Wildman–Crippen LogP) is 2.57. The molecule has 0 aliphatic rings. The second-order valence-electron chi connectivity index (χ2n) is 4.37. The van der Waals surface area contributed by atoms with Crippen LogP contribution in [0.3, 0.4) is 0 Å². The molecule has 0 saturated carbocycles. The predicted molar refractivity (Wildman–Crippen MR) is 78.7 cm³/mol. The molecule has 1 aromatic heterocycles. The van der Waals surface area contributed by atoms with E-state index in [9.17, 15) is 18.4 Å². The lowest BCUT2D eigenvalue weighted by Crippen LogP contribution is -2.26. The molecule has 2 aromatic rings. The van der Waals surface area contributed by atoms with Gasteiger partial charge in [-0.1, -0.05) is 0 Å². The van der Waals surface area contributed by atoms with E-state index in [-0.39, 0.29) is 24.4 Å². The fourth-order valence-electron chi connectivity index (χ4n) is 1.69. The number of carbonyl (C=O) groups is 2. The van der Waals surface area contributed by atoms with Crippen molar-refractivity contribution in [3.05, 3.63) is 47.0 Å². The highest BCUT2D eigenvalue weighted by atomic mass is 32.1. The lowest BCUT2D eigenvalue weighted by Gasteiger charge is -2.06. The Kier molecular flexibility index (Phi) is 5.54. The van der Waals surface area contributed by atoms with Gasteiger partial charge in [-0.3, -0.25) is 9.59 Å². The molecular formula is C14H13F2N3O2S. The van der Waals surface area contributed by atoms with Crippen LogP contribution in [0.4, 0.5) is 13.9 Å². The van der Waals surface area contributed by atoms with Crippen molar-refractivity contribution in [2.75, 3.05) is 11.9 Å². The van der Waals surface area contributed by atoms with Gasteiger partial charge in [-0.2, -0.15) is 0 Å². The second-order valence-corrected chi connectivity index (χ2v) is 5.26. The van der Waals surface area contributed by atoms with Crippen LogP contribution in [0.25, 0.3) is 0 Å². The van der Waals surface area contributed by atoms with Gasteiger partial charge in [0.1, 0.15) is 11.6 Å². The van der Waals surface area contributed by atoms with Crippen LogP contribution in [0, 0.1) is 11.6 Å². The van der Waals surface area contributed by atoms with Gasteiger partial charge < -0.3 is 10.6 Å². The number of halogens is 2. The highest BCUT2D eigenvalue weighted by Crippen LogP contribution is 2.11. The fraction of sp³-hybridized carbons (Fsp3) is 0.214. The summed E-state index contributed by atoms with van der Waals surface area (Å²) in [6.45, 7) is 0.209. The minimum absolute atomic E-state index is 0.200. The van der Waals surface area contributed by atoms with Crippen LogP contribution < -0.4 is 10.6 Å². The summed E-state index contributed by atoms with van der Waals surface area (Å²) in [5, 5.41) is 7.35. The molecule has 0 bridgehead atoms. The van der Waals surface area contributed by atoms with Crippen molar-refractivity contribution in [2.45, 2.75) is 12.8 Å². The standard InChI is InChI=1S/C14H13F2N3O2S/c15-9-3-4-10(11(16)8-9)13(21)17-5-1-2-12(20)19-14-18-6-7-22-14/h3-4,6-8H,1-2,5H2,(H,17,21)(H,18,19,20). The smallest absolute Gasteiger partial charge is 0.254 e. The molecule has 2 amide bonds. The van der Waals surface area contributed by atoms with E-state index in [0.717, 1.165) is 12.1 Å². The maximum absolute atomic E-state index is 13.4. The maximum Gasteiger partial charge on any atom is 0.254 e. The average molecular weight is 325 g/mol. The van der Waals surface area contributed by atoms with Crippen molar-refractivity contribution < 1.29 is 18.4 Å². The molecule has 1 heterocycles. The summed E-state index contributed by atoms with van der Waals surface area (Å²) in [5.74, 6) is -2.51. The number of carbonyl (C=O) groups excluding carboxylic acids is 2. The molecule has 0 fully saturated rings. The van der Waals surface area contributed by atoms with Crippen LogP contribution in [0.5, 0.6) is 0 Å². The summed E-state index contributed by atoms with van der Waals surface area (Å²) in [6.07, 6.45) is 2.18. The molecule has 0 spiro atoms. The Morgan fingerprint density at radius 1 is 1.27 bits per heavy atom. The van der Waals surface area contributed by atoms with Crippen LogP contribution in [0.2, 0.25) is 0 Å². The minimum atomic E-state index is -0.918. The van der Waals surface area contributed by atoms with Crippen molar-refractivity contribution in [3.8, 4) is 0 Å². The van der Waals surface area contributed by atoms with Crippen molar-refractivity contribution in [1.29, 1.82) is 0 Å². The Morgan fingerprint density at radius 3 is 2.77 bits per heavy atom. The third-order valence-corrected chi connectivity index (χ3v) is 3.41. The van der Waals surface area contributed by atoms with Gasteiger partial charge in [0.05, 0.1) is 5.56 Å². The lowest BCUT2D eigenvalue weighted by atomic mass is 10.2. The number of anilines is 1. The molecule has 0 unspecified atom stereocenters. The number of nitrogens with zero attached hydrogens (tertiary/aromatic N) is 1. The topological polar surface area (TPSA) is 71.1 Å². The minimum Gasteiger partial charge on any atom is -0.352 e. The Labute approximate surface area is 129 Å². The number of aromatic nitrogens is 1. The van der Waals surface area contributed by atoms with Gasteiger partial charge in [0.2, 0.25) is 5.91 Å². The molecule has 5 nitrogen and oxygen atoms in total. The first-order chi connectivity index (χ1) is 10.6. The summed E-state index contributed by atoms with van der Waals surface area (Å²) in [4.78, 5) is 27.2. The Morgan fingerprint density at radius 2 is 2.09 bits per heavy atom. The first-order valence-corrected chi connectivity index (χ1v) is 7.37. The largest absolute Gasteiger partial charge is 0.352 e. The Bertz CT molecular complexity index is 662. The molecule has 2 N–H and O–H groups in total. The Hall–Kier alpha value is -2.35. The first kappa shape index (κ1) is 16.0. The molecule has 0 saturated heterocycles. The molecule has 0 aliphatic heterocycles. The van der Waals surface area contributed by atoms with Crippen LogP contribution in [0.15, 0.2) is 29.8 Å². The van der Waals surface area contributed by atoms with Gasteiger partial charge in [0.25, 0.3) is 5.91 Å². The zero-order valence-electron chi connectivity index (χ0n) is 11.4. The van der Waals surface area contributed by atoms with Gasteiger partial charge in [-0.05, 0) is 18.6 Å². The summed E-state index contributed by atoms with van der Waals surface area (Å²) in [6, 6.07) is 2.74. The van der Waals surface area contributed by atoms with Gasteiger partial charge in [-0.15, -0.1) is 11.3 Å². The van der Waals surface area contributed by atoms with Gasteiger partial charge in [-0.25, -0.2) is 13.8 Å². The lowest BCUT2D eigenvalue weighted by molar-refractivity contribution is -0.116. The Balaban J connectivity index is 1.72. The highest BCUT2D eigenvalue weighted by molar-refractivity contribution is 7.13. The normalized spacial score (nSPS) is 10.3. The van der Waals surface area contributed by atoms with Gasteiger partial charge in [0, 0.05) is 30.6 Å². The van der Waals surface area contributed by atoms with E-state index < -0.39 is 17.5 Å². The van der Waals surface area contributed by atoms with Crippen LogP contribution in [-0.2, 0) is 4.79 Å². The number of thiazole rings is 1. The molecule has 2 rings (SSSR count). The van der Waals surface area contributed by atoms with E-state index in [0.29, 0.717) is 17.6 Å². The van der Waals surface area contributed by atoms with Crippen molar-refractivity contribution in [3.63, 3.8) is 0 Å². The van der Waals surface area contributed by atoms with E-state index in [1.54, 1.807) is 11.6 Å². The SMILES string of the molecule is O=C(CCCNC(=O)c1ccc(F)cc1F)Nc1nccs1. The molecular weight excluding hydrogens is 312 g/mol. The molecule has 22 heavy (non-hydrogen) atoms. The number of hydrogen-bond acceptors (Lipinski definition) is 4. The summed E-state index contributed by atoms with van der Waals surface area (Å²) in [5.41, 5.74) is -0.228. The summed E-state index contributed by atoms with van der Waals surface area (Å²) >= 11 is 1.31. The quantitative estimate of drug-likeness (QED) is 0.802. The highest BCUT2D eigenvalue weighted by Gasteiger charge is 2.12. The zero-order valence-corrected chi connectivity index (χ0v) is 12.3. The van der Waals surface area contributed by atoms with E-state index in [1.807, 2.05) is 0 Å². The van der Waals surface area contributed by atoms with Crippen LogP contribution in [0.1, 0.15) is 23.2 Å². The van der Waals surface area contributed by atoms with Gasteiger partial charge in [0.15, 0.2) is 5.13 Å². The van der Waals surface area contributed by atoms with Crippen molar-refractivity contribution in [1.82, 2.24) is 10.3 Å². The van der Waals surface area contributed by atoms with Crippen LogP contribution >= 0.6 is 11.3 Å². The number of rotatable bonds is 6. The third kappa shape index (κ3) is 4.59. The molecule has 1 aromatic carbocycles. The zero-order chi connectivity index (χ0) is 15.9. The number of nitrogens with one attached hydrogen (secondary N) is 2. The molecule has 8 heteroatoms. The number of hydrogen-bond donors (Lipinski definition) is 2. The van der Waals surface area contributed by atoms with E-state index in [4.69, 9.17) is 0 Å².